The Morgan fingerprint density at radius 1 is 0.552 bits per heavy atom. The Balaban J connectivity index is 1.17. The van der Waals surface area contributed by atoms with Crippen LogP contribution >= 0.6 is 0 Å². The number of ether oxygens (including phenoxy) is 4. The van der Waals surface area contributed by atoms with Crippen molar-refractivity contribution in [2.24, 2.45) is 0 Å². The van der Waals surface area contributed by atoms with Crippen molar-refractivity contribution in [1.82, 2.24) is 0 Å². The van der Waals surface area contributed by atoms with Crippen molar-refractivity contribution >= 4 is 47.0 Å². The zero-order valence-electron chi connectivity index (χ0n) is 35.4. The van der Waals surface area contributed by atoms with Gasteiger partial charge in [0.2, 0.25) is 11.6 Å². The van der Waals surface area contributed by atoms with E-state index in [1.165, 1.54) is 127 Å². The number of nitrogen functional groups attached to an aromatic ring is 2. The number of esters is 2. The minimum Gasteiger partial charge on any atom is -0.494 e. The molecule has 18 heteroatoms. The minimum absolute atomic E-state index is 0.0860. The van der Waals surface area contributed by atoms with E-state index in [2.05, 4.69) is 0 Å². The summed E-state index contributed by atoms with van der Waals surface area (Å²) in [6, 6.07) is 27.2. The summed E-state index contributed by atoms with van der Waals surface area (Å²) in [5, 5.41) is 22.6. The maximum atomic E-state index is 13.4. The van der Waals surface area contributed by atoms with Gasteiger partial charge in [-0.25, -0.2) is 9.59 Å². The van der Waals surface area contributed by atoms with Gasteiger partial charge in [0, 0.05) is 30.6 Å². The van der Waals surface area contributed by atoms with Crippen LogP contribution in [-0.2, 0) is 9.59 Å². The molecule has 0 aliphatic heterocycles. The molecule has 0 radical (unpaired) electrons. The summed E-state index contributed by atoms with van der Waals surface area (Å²) in [6.45, 7) is -0.288. The number of ketones is 2. The fraction of sp³-hybridized carbons (Fsp3) is 0.224. The molecular weight excluding hydrogens is 891 g/mol. The first-order valence-corrected chi connectivity index (χ1v) is 20.4. The zero-order valence-corrected chi connectivity index (χ0v) is 35.4. The Kier molecular flexibility index (Phi) is 17.1. The topological polar surface area (TPSA) is 198 Å². The second-order valence-corrected chi connectivity index (χ2v) is 15.0. The van der Waals surface area contributed by atoms with Crippen molar-refractivity contribution in [3.05, 3.63) is 155 Å². The number of hydrogen-bond donors (Lipinski definition) is 4. The predicted molar refractivity (Wildman–Crippen MR) is 235 cm³/mol. The Morgan fingerprint density at radius 3 is 1.34 bits per heavy atom. The fourth-order valence-corrected chi connectivity index (χ4v) is 6.25. The van der Waals surface area contributed by atoms with Gasteiger partial charge >= 0.3 is 24.3 Å². The molecule has 5 aromatic rings. The molecule has 0 saturated carbocycles. The fourth-order valence-electron chi connectivity index (χ4n) is 6.25. The molecule has 0 aromatic heterocycles. The average Bonchev–Trinajstić information content (AvgIpc) is 3.27. The summed E-state index contributed by atoms with van der Waals surface area (Å²) < 4.78 is 95.3. The number of alkyl halides is 6. The van der Waals surface area contributed by atoms with Gasteiger partial charge in [0.1, 0.15) is 23.0 Å². The zero-order chi connectivity index (χ0) is 48.8. The Bertz CT molecular complexity index is 2520. The molecule has 1 atom stereocenters. The molecule has 0 spiro atoms. The molecule has 352 valence electrons. The monoisotopic (exact) mass is 934 g/mol. The van der Waals surface area contributed by atoms with Crippen LogP contribution in [0.3, 0.4) is 0 Å². The number of carbonyl (C=O) groups is 4. The van der Waals surface area contributed by atoms with Crippen molar-refractivity contribution in [1.29, 1.82) is 0 Å². The number of aliphatic hydroxyl groups is 2. The number of nitrogens with two attached hydrogens (primary N) is 2. The number of benzene rings is 5. The van der Waals surface area contributed by atoms with Crippen molar-refractivity contribution in [2.45, 2.75) is 56.2 Å². The van der Waals surface area contributed by atoms with E-state index < -0.39 is 66.8 Å². The Hall–Kier alpha value is -7.44. The molecule has 0 bridgehead atoms. The van der Waals surface area contributed by atoms with Gasteiger partial charge in [0.15, 0.2) is 5.78 Å². The summed E-state index contributed by atoms with van der Waals surface area (Å²) in [4.78, 5) is 52.2. The lowest BCUT2D eigenvalue weighted by Gasteiger charge is -2.29. The lowest BCUT2D eigenvalue weighted by Crippen LogP contribution is -2.44. The summed E-state index contributed by atoms with van der Waals surface area (Å²) >= 11 is 0. The lowest BCUT2D eigenvalue weighted by molar-refractivity contribution is -0.187. The first-order valence-electron chi connectivity index (χ1n) is 20.4. The van der Waals surface area contributed by atoms with E-state index in [0.717, 1.165) is 12.2 Å². The van der Waals surface area contributed by atoms with Crippen LogP contribution in [0.1, 0.15) is 75.4 Å². The minimum atomic E-state index is -4.28. The summed E-state index contributed by atoms with van der Waals surface area (Å²) in [5.74, 6) is -7.10. The van der Waals surface area contributed by atoms with Crippen molar-refractivity contribution in [3.8, 4) is 23.0 Å². The second-order valence-electron chi connectivity index (χ2n) is 15.0. The highest BCUT2D eigenvalue weighted by Gasteiger charge is 2.42. The highest BCUT2D eigenvalue weighted by Crippen LogP contribution is 2.35. The number of halogens is 6. The third kappa shape index (κ3) is 16.5. The number of anilines is 2. The highest BCUT2D eigenvalue weighted by atomic mass is 19.4. The van der Waals surface area contributed by atoms with Crippen molar-refractivity contribution in [3.63, 3.8) is 0 Å². The van der Waals surface area contributed by atoms with Gasteiger partial charge < -0.3 is 40.6 Å². The van der Waals surface area contributed by atoms with Crippen LogP contribution in [0.25, 0.3) is 12.2 Å². The molecule has 0 aliphatic carbocycles. The van der Waals surface area contributed by atoms with Gasteiger partial charge in [-0.15, -0.1) is 0 Å². The summed E-state index contributed by atoms with van der Waals surface area (Å²) in [5.41, 5.74) is 13.4. The van der Waals surface area contributed by atoms with Gasteiger partial charge in [-0.05, 0) is 133 Å². The number of allylic oxidation sites excluding steroid dienone is 1. The van der Waals surface area contributed by atoms with E-state index in [0.29, 0.717) is 22.6 Å². The van der Waals surface area contributed by atoms with E-state index in [1.807, 2.05) is 0 Å². The summed E-state index contributed by atoms with van der Waals surface area (Å²) in [6.07, 6.45) is -6.79. The van der Waals surface area contributed by atoms with Gasteiger partial charge in [0.05, 0.1) is 30.3 Å². The normalized spacial score (nSPS) is 12.5. The smallest absolute Gasteiger partial charge is 0.389 e. The van der Waals surface area contributed by atoms with E-state index in [4.69, 9.17) is 30.4 Å². The van der Waals surface area contributed by atoms with Crippen molar-refractivity contribution < 1.29 is 74.7 Å². The molecule has 12 nitrogen and oxygen atoms in total. The maximum absolute atomic E-state index is 13.4. The molecule has 0 amide bonds. The molecule has 6 N–H and O–H groups in total. The molecule has 0 saturated heterocycles. The molecule has 1 unspecified atom stereocenters. The maximum Gasteiger partial charge on any atom is 0.389 e. The van der Waals surface area contributed by atoms with Crippen LogP contribution in [0.4, 0.5) is 37.7 Å². The Morgan fingerprint density at radius 2 is 0.940 bits per heavy atom. The van der Waals surface area contributed by atoms with Crippen LogP contribution in [0.2, 0.25) is 0 Å². The average molecular weight is 935 g/mol. The van der Waals surface area contributed by atoms with Crippen LogP contribution in [0, 0.1) is 0 Å². The number of rotatable bonds is 21. The SMILES string of the molecule is Nc1cc(N)cc(C(CC(=O)C=Cc2ccc(C(=O)Oc3ccc(OCCCC(F)(F)F)cc3)cc2)C(O)(O)C(=O)C=Cc2ccc(C(=O)Oc3ccc(OCCCC(F)(F)F)cc3)cc2)c1. The van der Waals surface area contributed by atoms with Gasteiger partial charge in [-0.3, -0.25) is 9.59 Å². The molecular formula is C49H44F6N2O10. The Labute approximate surface area is 380 Å². The van der Waals surface area contributed by atoms with Gasteiger partial charge in [-0.1, -0.05) is 36.4 Å². The van der Waals surface area contributed by atoms with Crippen LogP contribution in [0.15, 0.2) is 127 Å². The third-order valence-corrected chi connectivity index (χ3v) is 9.65. The highest BCUT2D eigenvalue weighted by molar-refractivity contribution is 6.01. The quantitative estimate of drug-likeness (QED) is 0.0104. The predicted octanol–water partition coefficient (Wildman–Crippen LogP) is 9.45. The third-order valence-electron chi connectivity index (χ3n) is 9.65. The lowest BCUT2D eigenvalue weighted by atomic mass is 9.83. The van der Waals surface area contributed by atoms with E-state index in [-0.39, 0.29) is 65.6 Å². The number of carbonyl (C=O) groups excluding carboxylic acids is 4. The molecule has 5 rings (SSSR count). The molecule has 0 aliphatic rings. The van der Waals surface area contributed by atoms with E-state index in [1.54, 1.807) is 0 Å². The first-order chi connectivity index (χ1) is 31.6. The first kappa shape index (κ1) is 50.6. The van der Waals surface area contributed by atoms with Crippen LogP contribution < -0.4 is 30.4 Å². The van der Waals surface area contributed by atoms with Crippen LogP contribution in [0.5, 0.6) is 23.0 Å². The summed E-state index contributed by atoms with van der Waals surface area (Å²) in [7, 11) is 0. The molecule has 5 aromatic carbocycles. The standard InChI is InChI=1S/C49H44F6N2O10/c50-47(51,52)23-1-25-64-39-14-18-41(19-15-39)66-45(60)33-9-3-31(4-10-33)7-13-38(58)30-43(35-27-36(56)29-37(57)28-35)49(62,63)44(59)22-8-32-5-11-34(12-6-32)46(61)67-42-20-16-40(17-21-42)65-26-2-24-48(53,54)55/h3-22,27-29,43,62-63H,1-2,23-26,30,56-57H2. The van der Waals surface area contributed by atoms with Gasteiger partial charge in [-0.2, -0.15) is 26.3 Å². The van der Waals surface area contributed by atoms with E-state index in [9.17, 15) is 55.7 Å². The second kappa shape index (κ2) is 22.6. The molecule has 0 heterocycles. The van der Waals surface area contributed by atoms with E-state index >= 15 is 0 Å². The molecule has 67 heavy (non-hydrogen) atoms. The molecule has 0 fully saturated rings. The van der Waals surface area contributed by atoms with Crippen LogP contribution in [-0.4, -0.2) is 65.1 Å². The largest absolute Gasteiger partial charge is 0.494 e. The van der Waals surface area contributed by atoms with Gasteiger partial charge in [0.25, 0.3) is 0 Å². The van der Waals surface area contributed by atoms with Crippen molar-refractivity contribution in [2.75, 3.05) is 24.7 Å². The number of hydrogen-bond acceptors (Lipinski definition) is 12.